The van der Waals surface area contributed by atoms with Crippen LogP contribution in [0.3, 0.4) is 0 Å². The summed E-state index contributed by atoms with van der Waals surface area (Å²) in [5.41, 5.74) is 7.81. The first-order valence-electron chi connectivity index (χ1n) is 10.4. The average Bonchev–Trinajstić information content (AvgIpc) is 3.19. The van der Waals surface area contributed by atoms with Gasteiger partial charge in [0, 0.05) is 30.5 Å². The number of sulfone groups is 1. The smallest absolute Gasteiger partial charge is 0.287 e. The highest BCUT2D eigenvalue weighted by Gasteiger charge is 2.24. The lowest BCUT2D eigenvalue weighted by Gasteiger charge is -2.28. The zero-order valence-corrected chi connectivity index (χ0v) is 19.1. The minimum atomic E-state index is -2.99. The highest BCUT2D eigenvalue weighted by atomic mass is 32.2. The zero-order valence-electron chi connectivity index (χ0n) is 18.3. The van der Waals surface area contributed by atoms with Crippen LogP contribution in [0, 0.1) is 0 Å². The lowest BCUT2D eigenvalue weighted by atomic mass is 9.98. The Morgan fingerprint density at radius 3 is 2.18 bits per heavy atom. The SMILES string of the molecule is CC(C)c1cc(-c2nnc(C(N)=O)n2-c2ccc(N3CCS(=O)(=O)CC3)cc2)c(O)cc1O. The Balaban J connectivity index is 1.77. The van der Waals surface area contributed by atoms with Gasteiger partial charge in [-0.25, -0.2) is 8.42 Å². The van der Waals surface area contributed by atoms with E-state index in [0.717, 1.165) is 5.69 Å². The van der Waals surface area contributed by atoms with Crippen molar-refractivity contribution in [3.05, 3.63) is 47.8 Å². The van der Waals surface area contributed by atoms with E-state index in [1.54, 1.807) is 18.2 Å². The Morgan fingerprint density at radius 2 is 1.61 bits per heavy atom. The van der Waals surface area contributed by atoms with Crippen LogP contribution in [0.4, 0.5) is 5.69 Å². The third kappa shape index (κ3) is 4.36. The fraction of sp³-hybridized carbons (Fsp3) is 0.318. The van der Waals surface area contributed by atoms with Crippen LogP contribution in [-0.4, -0.2) is 63.9 Å². The summed E-state index contributed by atoms with van der Waals surface area (Å²) in [6.45, 7) is 4.62. The standard InChI is InChI=1S/C22H25N5O5S/c1-13(2)16-11-17(19(29)12-18(16)28)21-24-25-22(20(23)30)27(21)15-5-3-14(4-6-15)26-7-9-33(31,32)10-8-26/h3-6,11-13,28-29H,7-10H2,1-2H3,(H2,23,30). The van der Waals surface area contributed by atoms with E-state index in [-0.39, 0.29) is 40.6 Å². The number of carbonyl (C=O) groups excluding carboxylic acids is 1. The molecule has 174 valence electrons. The molecule has 4 N–H and O–H groups in total. The lowest BCUT2D eigenvalue weighted by molar-refractivity contribution is 0.0988. The molecule has 0 spiro atoms. The largest absolute Gasteiger partial charge is 0.508 e. The first-order valence-corrected chi connectivity index (χ1v) is 12.3. The molecule has 1 aliphatic rings. The summed E-state index contributed by atoms with van der Waals surface area (Å²) >= 11 is 0. The van der Waals surface area contributed by atoms with E-state index in [0.29, 0.717) is 29.9 Å². The van der Waals surface area contributed by atoms with Crippen molar-refractivity contribution in [2.24, 2.45) is 5.73 Å². The number of amides is 1. The Kier molecular flexibility index (Phi) is 5.75. The predicted molar refractivity (Wildman–Crippen MR) is 124 cm³/mol. The van der Waals surface area contributed by atoms with Gasteiger partial charge in [0.15, 0.2) is 15.7 Å². The number of nitrogens with two attached hydrogens (primary N) is 1. The number of rotatable bonds is 5. The van der Waals surface area contributed by atoms with Crippen molar-refractivity contribution in [2.45, 2.75) is 19.8 Å². The summed E-state index contributed by atoms with van der Waals surface area (Å²) in [5.74, 6) is -0.776. The Morgan fingerprint density at radius 1 is 1.00 bits per heavy atom. The normalized spacial score (nSPS) is 15.7. The lowest BCUT2D eigenvalue weighted by Crippen LogP contribution is -2.40. The molecule has 0 aliphatic carbocycles. The molecule has 2 heterocycles. The second kappa shape index (κ2) is 8.39. The van der Waals surface area contributed by atoms with Crippen LogP contribution in [0.25, 0.3) is 17.1 Å². The van der Waals surface area contributed by atoms with Crippen LogP contribution in [0.15, 0.2) is 36.4 Å². The summed E-state index contributed by atoms with van der Waals surface area (Å²) in [7, 11) is -2.99. The van der Waals surface area contributed by atoms with E-state index in [1.165, 1.54) is 10.6 Å². The Labute approximate surface area is 191 Å². The van der Waals surface area contributed by atoms with Crippen molar-refractivity contribution >= 4 is 21.4 Å². The number of hydrogen-bond donors (Lipinski definition) is 3. The van der Waals surface area contributed by atoms with E-state index in [9.17, 15) is 23.4 Å². The number of aromatic hydroxyl groups is 2. The molecular weight excluding hydrogens is 446 g/mol. The molecule has 0 unspecified atom stereocenters. The van der Waals surface area contributed by atoms with Gasteiger partial charge in [0.1, 0.15) is 11.5 Å². The highest BCUT2D eigenvalue weighted by Crippen LogP contribution is 2.38. The number of nitrogens with zero attached hydrogens (tertiary/aromatic N) is 4. The average molecular weight is 472 g/mol. The molecule has 4 rings (SSSR count). The molecule has 0 bridgehead atoms. The van der Waals surface area contributed by atoms with Gasteiger partial charge in [-0.15, -0.1) is 10.2 Å². The maximum Gasteiger partial charge on any atom is 0.287 e. The van der Waals surface area contributed by atoms with Gasteiger partial charge < -0.3 is 20.8 Å². The van der Waals surface area contributed by atoms with Crippen LogP contribution in [0.1, 0.15) is 35.9 Å². The topological polar surface area (TPSA) is 152 Å². The van der Waals surface area contributed by atoms with Gasteiger partial charge in [-0.1, -0.05) is 13.8 Å². The van der Waals surface area contributed by atoms with Crippen LogP contribution >= 0.6 is 0 Å². The molecule has 0 radical (unpaired) electrons. The Hall–Kier alpha value is -3.60. The van der Waals surface area contributed by atoms with E-state index in [1.807, 2.05) is 30.9 Å². The number of anilines is 1. The predicted octanol–water partition coefficient (Wildman–Crippen LogP) is 1.80. The van der Waals surface area contributed by atoms with Crippen molar-refractivity contribution in [3.8, 4) is 28.6 Å². The number of hydrogen-bond acceptors (Lipinski definition) is 8. The number of aromatic nitrogens is 3. The quantitative estimate of drug-likeness (QED) is 0.509. The van der Waals surface area contributed by atoms with Crippen molar-refractivity contribution in [3.63, 3.8) is 0 Å². The summed E-state index contributed by atoms with van der Waals surface area (Å²) in [4.78, 5) is 14.0. The van der Waals surface area contributed by atoms with Crippen LogP contribution < -0.4 is 10.6 Å². The molecule has 0 saturated carbocycles. The van der Waals surface area contributed by atoms with Crippen molar-refractivity contribution in [2.75, 3.05) is 29.5 Å². The number of primary amides is 1. The zero-order chi connectivity index (χ0) is 23.9. The van der Waals surface area contributed by atoms with Crippen LogP contribution in [0.5, 0.6) is 11.5 Å². The van der Waals surface area contributed by atoms with Gasteiger partial charge in [0.05, 0.1) is 17.1 Å². The first kappa shape index (κ1) is 22.6. The van der Waals surface area contributed by atoms with Crippen LogP contribution in [-0.2, 0) is 9.84 Å². The maximum atomic E-state index is 12.1. The number of benzene rings is 2. The van der Waals surface area contributed by atoms with Gasteiger partial charge in [0.2, 0.25) is 5.82 Å². The third-order valence-electron chi connectivity index (χ3n) is 5.71. The number of phenolic OH excluding ortho intramolecular Hbond substituents is 2. The fourth-order valence-corrected chi connectivity index (χ4v) is 5.08. The highest BCUT2D eigenvalue weighted by molar-refractivity contribution is 7.91. The van der Waals surface area contributed by atoms with Crippen molar-refractivity contribution in [1.29, 1.82) is 0 Å². The summed E-state index contributed by atoms with van der Waals surface area (Å²) in [6, 6.07) is 9.98. The van der Waals surface area contributed by atoms with Crippen molar-refractivity contribution in [1.82, 2.24) is 14.8 Å². The van der Waals surface area contributed by atoms with E-state index < -0.39 is 15.7 Å². The molecule has 1 saturated heterocycles. The molecule has 10 nitrogen and oxygen atoms in total. The van der Waals surface area contributed by atoms with E-state index >= 15 is 0 Å². The summed E-state index contributed by atoms with van der Waals surface area (Å²) in [6.07, 6.45) is 0. The molecule has 3 aromatic rings. The third-order valence-corrected chi connectivity index (χ3v) is 7.32. The summed E-state index contributed by atoms with van der Waals surface area (Å²) < 4.78 is 24.8. The molecular formula is C22H25N5O5S. The molecule has 1 aliphatic heterocycles. The maximum absolute atomic E-state index is 12.1. The Bertz CT molecular complexity index is 1300. The second-order valence-corrected chi connectivity index (χ2v) is 10.6. The molecule has 1 aromatic heterocycles. The van der Waals surface area contributed by atoms with E-state index in [2.05, 4.69) is 10.2 Å². The van der Waals surface area contributed by atoms with Crippen LogP contribution in [0.2, 0.25) is 0 Å². The number of carbonyl (C=O) groups is 1. The second-order valence-electron chi connectivity index (χ2n) is 8.29. The molecule has 0 atom stereocenters. The molecule has 1 amide bonds. The summed E-state index contributed by atoms with van der Waals surface area (Å²) in [5, 5.41) is 28.7. The monoisotopic (exact) mass is 471 g/mol. The molecule has 11 heteroatoms. The van der Waals surface area contributed by atoms with Gasteiger partial charge in [-0.05, 0) is 41.8 Å². The van der Waals surface area contributed by atoms with Gasteiger partial charge in [-0.3, -0.25) is 9.36 Å². The molecule has 33 heavy (non-hydrogen) atoms. The van der Waals surface area contributed by atoms with E-state index in [4.69, 9.17) is 5.73 Å². The van der Waals surface area contributed by atoms with Crippen molar-refractivity contribution < 1.29 is 23.4 Å². The van der Waals surface area contributed by atoms with Gasteiger partial charge in [-0.2, -0.15) is 0 Å². The fourth-order valence-electron chi connectivity index (χ4n) is 3.88. The van der Waals surface area contributed by atoms with Gasteiger partial charge in [0.25, 0.3) is 5.91 Å². The number of phenols is 2. The molecule has 2 aromatic carbocycles. The minimum Gasteiger partial charge on any atom is -0.508 e. The molecule has 1 fully saturated rings. The van der Waals surface area contributed by atoms with Gasteiger partial charge >= 0.3 is 0 Å². The first-order chi connectivity index (χ1) is 15.6. The minimum absolute atomic E-state index is 0.0241.